The lowest BCUT2D eigenvalue weighted by Gasteiger charge is -2.22. The molecular formula is C14H28N2OS. The molecule has 2 unspecified atom stereocenters. The van der Waals surface area contributed by atoms with Crippen LogP contribution in [0.4, 0.5) is 0 Å². The van der Waals surface area contributed by atoms with E-state index in [-0.39, 0.29) is 11.4 Å². The molecule has 0 radical (unpaired) electrons. The highest BCUT2D eigenvalue weighted by Crippen LogP contribution is 2.29. The lowest BCUT2D eigenvalue weighted by molar-refractivity contribution is -0.121. The minimum atomic E-state index is 0.0915. The van der Waals surface area contributed by atoms with Gasteiger partial charge in [-0.25, -0.2) is 0 Å². The first kappa shape index (κ1) is 15.8. The summed E-state index contributed by atoms with van der Waals surface area (Å²) in [6.45, 7) is 9.31. The molecule has 0 aromatic carbocycles. The molecule has 2 atom stereocenters. The first-order valence-corrected chi connectivity index (χ1v) is 8.13. The molecule has 4 heteroatoms. The number of hydrogen-bond donors (Lipinski definition) is 2. The predicted molar refractivity (Wildman–Crippen MR) is 80.1 cm³/mol. The minimum Gasteiger partial charge on any atom is -0.352 e. The van der Waals surface area contributed by atoms with Crippen LogP contribution in [0.15, 0.2) is 0 Å². The summed E-state index contributed by atoms with van der Waals surface area (Å²) < 4.78 is 0. The van der Waals surface area contributed by atoms with Gasteiger partial charge < -0.3 is 10.6 Å². The van der Waals surface area contributed by atoms with Crippen LogP contribution in [0.1, 0.15) is 53.4 Å². The smallest absolute Gasteiger partial charge is 0.221 e. The van der Waals surface area contributed by atoms with E-state index in [0.29, 0.717) is 17.7 Å². The Morgan fingerprint density at radius 3 is 2.67 bits per heavy atom. The quantitative estimate of drug-likeness (QED) is 0.781. The van der Waals surface area contributed by atoms with Gasteiger partial charge >= 0.3 is 0 Å². The summed E-state index contributed by atoms with van der Waals surface area (Å²) in [7, 11) is 0. The molecule has 106 valence electrons. The third-order valence-electron chi connectivity index (χ3n) is 3.19. The van der Waals surface area contributed by atoms with Crippen molar-refractivity contribution >= 4 is 17.7 Å². The molecule has 0 spiro atoms. The number of carbonyl (C=O) groups is 1. The third-order valence-corrected chi connectivity index (χ3v) is 4.51. The average molecular weight is 272 g/mol. The predicted octanol–water partition coefficient (Wildman–Crippen LogP) is 2.56. The second-order valence-corrected chi connectivity index (χ2v) is 7.54. The van der Waals surface area contributed by atoms with E-state index in [1.54, 1.807) is 0 Å². The van der Waals surface area contributed by atoms with Crippen LogP contribution in [0.25, 0.3) is 0 Å². The van der Waals surface area contributed by atoms with Crippen LogP contribution in [-0.4, -0.2) is 35.0 Å². The van der Waals surface area contributed by atoms with Crippen LogP contribution in [-0.2, 0) is 4.79 Å². The number of hydrogen-bond acceptors (Lipinski definition) is 3. The number of carbonyl (C=O) groups excluding carboxylic acids is 1. The van der Waals surface area contributed by atoms with Crippen molar-refractivity contribution in [3.63, 3.8) is 0 Å². The van der Waals surface area contributed by atoms with Gasteiger partial charge in [0.05, 0.1) is 0 Å². The Morgan fingerprint density at radius 2 is 2.06 bits per heavy atom. The average Bonchev–Trinajstić information content (AvgIpc) is 2.64. The fourth-order valence-electron chi connectivity index (χ4n) is 2.33. The molecule has 0 aromatic rings. The number of nitrogens with one attached hydrogen (secondary N) is 2. The molecule has 1 rings (SSSR count). The zero-order valence-corrected chi connectivity index (χ0v) is 13.0. The van der Waals surface area contributed by atoms with E-state index < -0.39 is 0 Å². The second kappa shape index (κ2) is 7.39. The highest BCUT2D eigenvalue weighted by molar-refractivity contribution is 7.99. The van der Waals surface area contributed by atoms with Gasteiger partial charge in [0, 0.05) is 29.8 Å². The van der Waals surface area contributed by atoms with Gasteiger partial charge in [-0.3, -0.25) is 4.79 Å². The van der Waals surface area contributed by atoms with Crippen LogP contribution < -0.4 is 10.6 Å². The molecule has 1 aliphatic carbocycles. The molecule has 1 fully saturated rings. The summed E-state index contributed by atoms with van der Waals surface area (Å²) in [6, 6.07) is 0.400. The Labute approximate surface area is 116 Å². The van der Waals surface area contributed by atoms with Crippen molar-refractivity contribution in [1.29, 1.82) is 0 Å². The van der Waals surface area contributed by atoms with Gasteiger partial charge in [-0.1, -0.05) is 13.3 Å². The molecule has 3 nitrogen and oxygen atoms in total. The van der Waals surface area contributed by atoms with Crippen LogP contribution in [0.2, 0.25) is 0 Å². The molecule has 1 aliphatic rings. The van der Waals surface area contributed by atoms with E-state index >= 15 is 0 Å². The normalized spacial score (nSPS) is 24.2. The maximum absolute atomic E-state index is 11.9. The van der Waals surface area contributed by atoms with E-state index in [4.69, 9.17) is 0 Å². The number of rotatable bonds is 6. The fraction of sp³-hybridized carbons (Fsp3) is 0.929. The number of thioether (sulfide) groups is 1. The van der Waals surface area contributed by atoms with Crippen molar-refractivity contribution in [2.45, 2.75) is 70.2 Å². The summed E-state index contributed by atoms with van der Waals surface area (Å²) in [5.74, 6) is 1.34. The van der Waals surface area contributed by atoms with Crippen molar-refractivity contribution in [3.05, 3.63) is 0 Å². The van der Waals surface area contributed by atoms with Crippen molar-refractivity contribution in [3.8, 4) is 0 Å². The molecule has 1 saturated carbocycles. The molecule has 0 aliphatic heterocycles. The van der Waals surface area contributed by atoms with E-state index in [1.807, 2.05) is 11.8 Å². The Morgan fingerprint density at radius 1 is 1.33 bits per heavy atom. The van der Waals surface area contributed by atoms with E-state index in [1.165, 1.54) is 12.8 Å². The minimum absolute atomic E-state index is 0.0915. The van der Waals surface area contributed by atoms with Crippen molar-refractivity contribution in [2.75, 3.05) is 12.3 Å². The SMILES string of the molecule is CCSC1CCCC1NC(=O)CCNC(C)(C)C. The number of amides is 1. The van der Waals surface area contributed by atoms with Gasteiger partial charge in [0.1, 0.15) is 0 Å². The Hall–Kier alpha value is -0.220. The Kier molecular flexibility index (Phi) is 6.50. The third kappa shape index (κ3) is 6.10. The van der Waals surface area contributed by atoms with Crippen LogP contribution in [0, 0.1) is 0 Å². The molecule has 0 saturated heterocycles. The summed E-state index contributed by atoms with van der Waals surface area (Å²) in [6.07, 6.45) is 4.24. The maximum Gasteiger partial charge on any atom is 0.221 e. The van der Waals surface area contributed by atoms with Crippen molar-refractivity contribution in [1.82, 2.24) is 10.6 Å². The molecular weight excluding hydrogens is 244 g/mol. The monoisotopic (exact) mass is 272 g/mol. The second-order valence-electron chi connectivity index (χ2n) is 6.03. The maximum atomic E-state index is 11.9. The van der Waals surface area contributed by atoms with Gasteiger partial charge in [-0.05, 0) is 39.4 Å². The van der Waals surface area contributed by atoms with Crippen molar-refractivity contribution < 1.29 is 4.79 Å². The van der Waals surface area contributed by atoms with Crippen LogP contribution >= 0.6 is 11.8 Å². The van der Waals surface area contributed by atoms with Gasteiger partial charge in [-0.2, -0.15) is 11.8 Å². The summed E-state index contributed by atoms with van der Waals surface area (Å²) in [5.41, 5.74) is 0.0915. The molecule has 1 amide bonds. The van der Waals surface area contributed by atoms with E-state index in [9.17, 15) is 4.79 Å². The van der Waals surface area contributed by atoms with Gasteiger partial charge in [0.15, 0.2) is 0 Å². The highest BCUT2D eigenvalue weighted by atomic mass is 32.2. The lowest BCUT2D eigenvalue weighted by Crippen LogP contribution is -2.42. The standard InChI is InChI=1S/C14H28N2OS/c1-5-18-12-8-6-7-11(12)16-13(17)9-10-15-14(2,3)4/h11-12,15H,5-10H2,1-4H3,(H,16,17). The molecule has 0 heterocycles. The van der Waals surface area contributed by atoms with Crippen molar-refractivity contribution in [2.24, 2.45) is 0 Å². The Balaban J connectivity index is 2.23. The zero-order valence-electron chi connectivity index (χ0n) is 12.2. The van der Waals surface area contributed by atoms with Crippen LogP contribution in [0.3, 0.4) is 0 Å². The Bertz CT molecular complexity index is 263. The van der Waals surface area contributed by atoms with E-state index in [0.717, 1.165) is 18.7 Å². The fourth-order valence-corrected chi connectivity index (χ4v) is 3.53. The largest absolute Gasteiger partial charge is 0.352 e. The van der Waals surface area contributed by atoms with E-state index in [2.05, 4.69) is 38.3 Å². The van der Waals surface area contributed by atoms with Gasteiger partial charge in [-0.15, -0.1) is 0 Å². The zero-order chi connectivity index (χ0) is 13.6. The summed E-state index contributed by atoms with van der Waals surface area (Å²) >= 11 is 1.99. The first-order valence-electron chi connectivity index (χ1n) is 7.08. The highest BCUT2D eigenvalue weighted by Gasteiger charge is 2.28. The molecule has 2 N–H and O–H groups in total. The summed E-state index contributed by atoms with van der Waals surface area (Å²) in [5, 5.41) is 7.18. The molecule has 18 heavy (non-hydrogen) atoms. The first-order chi connectivity index (χ1) is 8.42. The summed E-state index contributed by atoms with van der Waals surface area (Å²) in [4.78, 5) is 11.9. The van der Waals surface area contributed by atoms with Crippen LogP contribution in [0.5, 0.6) is 0 Å². The topological polar surface area (TPSA) is 41.1 Å². The van der Waals surface area contributed by atoms with Gasteiger partial charge in [0.2, 0.25) is 5.91 Å². The molecule has 0 aromatic heterocycles. The van der Waals surface area contributed by atoms with Gasteiger partial charge in [0.25, 0.3) is 0 Å². The molecule has 0 bridgehead atoms. The lowest BCUT2D eigenvalue weighted by atomic mass is 10.1.